The van der Waals surface area contributed by atoms with E-state index in [1.807, 2.05) is 33.2 Å². The zero-order valence-corrected chi connectivity index (χ0v) is 11.3. The molecule has 0 amide bonds. The summed E-state index contributed by atoms with van der Waals surface area (Å²) in [4.78, 5) is 14.8. The van der Waals surface area contributed by atoms with Crippen molar-refractivity contribution in [3.05, 3.63) is 53.9 Å². The lowest BCUT2D eigenvalue weighted by atomic mass is 10.0. The summed E-state index contributed by atoms with van der Waals surface area (Å²) in [6.45, 7) is 1.93. The van der Waals surface area contributed by atoms with Crippen molar-refractivity contribution in [1.82, 2.24) is 10.3 Å². The number of aromatic carboxylic acids is 1. The van der Waals surface area contributed by atoms with Crippen LogP contribution in [0.4, 0.5) is 0 Å². The summed E-state index contributed by atoms with van der Waals surface area (Å²) in [7, 11) is 3.75. The maximum absolute atomic E-state index is 10.7. The summed E-state index contributed by atoms with van der Waals surface area (Å²) in [5.74, 6) is -0.905. The van der Waals surface area contributed by atoms with E-state index in [4.69, 9.17) is 5.11 Å². The number of aryl methyl sites for hydroxylation is 1. The Morgan fingerprint density at radius 2 is 1.68 bits per heavy atom. The van der Waals surface area contributed by atoms with Crippen molar-refractivity contribution < 1.29 is 9.90 Å². The fourth-order valence-corrected chi connectivity index (χ4v) is 1.53. The normalized spacial score (nSPS) is 9.42. The number of benzene rings is 1. The highest BCUT2D eigenvalue weighted by molar-refractivity contribution is 5.88. The summed E-state index contributed by atoms with van der Waals surface area (Å²) in [5, 5.41) is 11.5. The minimum Gasteiger partial charge on any atom is -0.478 e. The third-order valence-corrected chi connectivity index (χ3v) is 2.36. The Bertz CT molecular complexity index is 536. The molecule has 0 aliphatic carbocycles. The third-order valence-electron chi connectivity index (χ3n) is 2.36. The van der Waals surface area contributed by atoms with Gasteiger partial charge >= 0.3 is 5.97 Å². The molecule has 2 rings (SSSR count). The van der Waals surface area contributed by atoms with Crippen LogP contribution in [0.1, 0.15) is 16.1 Å². The van der Waals surface area contributed by atoms with Crippen LogP contribution < -0.4 is 5.32 Å². The minimum atomic E-state index is -0.905. The molecule has 0 aliphatic rings. The zero-order valence-electron chi connectivity index (χ0n) is 11.3. The van der Waals surface area contributed by atoms with Gasteiger partial charge in [0.25, 0.3) is 0 Å². The van der Waals surface area contributed by atoms with Gasteiger partial charge in [-0.15, -0.1) is 0 Å². The van der Waals surface area contributed by atoms with E-state index >= 15 is 0 Å². The van der Waals surface area contributed by atoms with Gasteiger partial charge in [0.2, 0.25) is 0 Å². The van der Waals surface area contributed by atoms with Crippen LogP contribution in [0.2, 0.25) is 0 Å². The molecule has 0 aliphatic heterocycles. The Hall–Kier alpha value is -2.20. The molecule has 0 radical (unpaired) electrons. The van der Waals surface area contributed by atoms with E-state index in [2.05, 4.69) is 10.3 Å². The van der Waals surface area contributed by atoms with E-state index in [9.17, 15) is 4.79 Å². The van der Waals surface area contributed by atoms with Gasteiger partial charge in [-0.2, -0.15) is 0 Å². The predicted molar refractivity (Wildman–Crippen MR) is 76.4 cm³/mol. The van der Waals surface area contributed by atoms with Crippen LogP contribution in [0.25, 0.3) is 11.1 Å². The van der Waals surface area contributed by atoms with Crippen molar-refractivity contribution in [2.45, 2.75) is 6.92 Å². The van der Waals surface area contributed by atoms with Crippen LogP contribution >= 0.6 is 0 Å². The molecular formula is C15H18N2O2. The molecule has 4 heteroatoms. The fourth-order valence-electron chi connectivity index (χ4n) is 1.53. The fraction of sp³-hybridized carbons (Fsp3) is 0.200. The molecular weight excluding hydrogens is 240 g/mol. The topological polar surface area (TPSA) is 62.2 Å². The van der Waals surface area contributed by atoms with Crippen LogP contribution in [0, 0.1) is 6.92 Å². The van der Waals surface area contributed by atoms with E-state index < -0.39 is 5.97 Å². The molecule has 100 valence electrons. The summed E-state index contributed by atoms with van der Waals surface area (Å²) in [5.41, 5.74) is 3.29. The van der Waals surface area contributed by atoms with Gasteiger partial charge in [0.1, 0.15) is 0 Å². The number of hydrogen-bond donors (Lipinski definition) is 2. The summed E-state index contributed by atoms with van der Waals surface area (Å²) in [6, 6.07) is 10.7. The molecule has 0 atom stereocenters. The number of carbonyl (C=O) groups is 1. The number of nitrogens with zero attached hydrogens (tertiary/aromatic N) is 1. The predicted octanol–water partition coefficient (Wildman–Crippen LogP) is 2.59. The Morgan fingerprint density at radius 3 is 2.16 bits per heavy atom. The molecule has 1 heterocycles. The van der Waals surface area contributed by atoms with E-state index in [0.717, 1.165) is 16.8 Å². The second-order valence-electron chi connectivity index (χ2n) is 4.07. The standard InChI is InChI=1S/C13H11NO2.C2H7N/c1-9-8-12(6-7-14-9)10-2-4-11(5-3-10)13(15)16;1-3-2/h2-8H,1H3,(H,15,16);3H,1-2H3. The van der Waals surface area contributed by atoms with Gasteiger partial charge in [-0.3, -0.25) is 4.98 Å². The van der Waals surface area contributed by atoms with Gasteiger partial charge in [-0.05, 0) is 56.4 Å². The molecule has 0 unspecified atom stereocenters. The monoisotopic (exact) mass is 258 g/mol. The molecule has 0 spiro atoms. The van der Waals surface area contributed by atoms with Crippen LogP contribution in [0.15, 0.2) is 42.6 Å². The van der Waals surface area contributed by atoms with Crippen molar-refractivity contribution in [3.63, 3.8) is 0 Å². The van der Waals surface area contributed by atoms with E-state index in [0.29, 0.717) is 5.56 Å². The SMILES string of the molecule is CNC.Cc1cc(-c2ccc(C(=O)O)cc2)ccn1. The molecule has 2 N–H and O–H groups in total. The first-order valence-electron chi connectivity index (χ1n) is 5.93. The molecule has 1 aromatic heterocycles. The van der Waals surface area contributed by atoms with Gasteiger partial charge in [0.15, 0.2) is 0 Å². The van der Waals surface area contributed by atoms with E-state index in [1.165, 1.54) is 0 Å². The second kappa shape index (κ2) is 7.28. The molecule has 4 nitrogen and oxygen atoms in total. The molecule has 0 bridgehead atoms. The van der Waals surface area contributed by atoms with Gasteiger partial charge in [0.05, 0.1) is 5.56 Å². The first kappa shape index (κ1) is 14.9. The van der Waals surface area contributed by atoms with E-state index in [-0.39, 0.29) is 0 Å². The highest BCUT2D eigenvalue weighted by atomic mass is 16.4. The Labute approximate surface area is 113 Å². The summed E-state index contributed by atoms with van der Waals surface area (Å²) < 4.78 is 0. The zero-order chi connectivity index (χ0) is 14.3. The quantitative estimate of drug-likeness (QED) is 0.869. The number of carboxylic acid groups (broad SMARTS) is 1. The maximum atomic E-state index is 10.7. The van der Waals surface area contributed by atoms with Crippen molar-refractivity contribution in [2.75, 3.05) is 14.1 Å². The van der Waals surface area contributed by atoms with Gasteiger partial charge in [-0.1, -0.05) is 12.1 Å². The van der Waals surface area contributed by atoms with Crippen molar-refractivity contribution in [3.8, 4) is 11.1 Å². The van der Waals surface area contributed by atoms with Gasteiger partial charge in [-0.25, -0.2) is 4.79 Å². The van der Waals surface area contributed by atoms with E-state index in [1.54, 1.807) is 30.5 Å². The molecule has 0 saturated carbocycles. The number of carboxylic acids is 1. The number of aromatic nitrogens is 1. The van der Waals surface area contributed by atoms with Crippen molar-refractivity contribution in [1.29, 1.82) is 0 Å². The number of rotatable bonds is 2. The first-order chi connectivity index (χ1) is 9.08. The Balaban J connectivity index is 0.000000550. The molecule has 2 aromatic rings. The summed E-state index contributed by atoms with van der Waals surface area (Å²) in [6.07, 6.45) is 1.75. The van der Waals surface area contributed by atoms with Crippen LogP contribution in [0.5, 0.6) is 0 Å². The first-order valence-corrected chi connectivity index (χ1v) is 5.93. The van der Waals surface area contributed by atoms with Crippen molar-refractivity contribution in [2.24, 2.45) is 0 Å². The van der Waals surface area contributed by atoms with Crippen LogP contribution in [-0.2, 0) is 0 Å². The lowest BCUT2D eigenvalue weighted by Crippen LogP contribution is -1.95. The minimum absolute atomic E-state index is 0.300. The molecule has 0 saturated heterocycles. The Kier molecular flexibility index (Phi) is 5.70. The smallest absolute Gasteiger partial charge is 0.335 e. The van der Waals surface area contributed by atoms with Gasteiger partial charge in [0, 0.05) is 11.9 Å². The highest BCUT2D eigenvalue weighted by Crippen LogP contribution is 2.19. The lowest BCUT2D eigenvalue weighted by Gasteiger charge is -2.02. The highest BCUT2D eigenvalue weighted by Gasteiger charge is 2.03. The molecule has 0 fully saturated rings. The van der Waals surface area contributed by atoms with Crippen molar-refractivity contribution >= 4 is 5.97 Å². The van der Waals surface area contributed by atoms with Gasteiger partial charge < -0.3 is 10.4 Å². The average Bonchev–Trinajstić information content (AvgIpc) is 2.40. The molecule has 1 aromatic carbocycles. The van der Waals surface area contributed by atoms with Crippen LogP contribution in [0.3, 0.4) is 0 Å². The van der Waals surface area contributed by atoms with Crippen LogP contribution in [-0.4, -0.2) is 30.2 Å². The summed E-state index contributed by atoms with van der Waals surface area (Å²) >= 11 is 0. The number of hydrogen-bond acceptors (Lipinski definition) is 3. The Morgan fingerprint density at radius 1 is 1.11 bits per heavy atom. The number of nitrogens with one attached hydrogen (secondary N) is 1. The second-order valence-corrected chi connectivity index (χ2v) is 4.07. The third kappa shape index (κ3) is 4.52. The lowest BCUT2D eigenvalue weighted by molar-refractivity contribution is 0.0697. The largest absolute Gasteiger partial charge is 0.478 e. The maximum Gasteiger partial charge on any atom is 0.335 e. The molecule has 19 heavy (non-hydrogen) atoms. The number of pyridine rings is 1. The average molecular weight is 258 g/mol.